The van der Waals surface area contributed by atoms with E-state index >= 15 is 0 Å². The average molecular weight is 228 g/mol. The molecule has 3 N–H and O–H groups in total. The molecule has 0 saturated heterocycles. The van der Waals surface area contributed by atoms with Gasteiger partial charge in [-0.1, -0.05) is 36.4 Å². The number of nitrogens with zero attached hydrogens (tertiary/aromatic N) is 1. The molecule has 0 fully saturated rings. The number of hydrazone groups is 1. The van der Waals surface area contributed by atoms with Gasteiger partial charge in [0.15, 0.2) is 0 Å². The van der Waals surface area contributed by atoms with Gasteiger partial charge in [0.1, 0.15) is 0 Å². The van der Waals surface area contributed by atoms with Crippen LogP contribution in [0.25, 0.3) is 10.8 Å². The molecule has 0 aliphatic heterocycles. The van der Waals surface area contributed by atoms with Crippen LogP contribution in [0.2, 0.25) is 0 Å². The summed E-state index contributed by atoms with van der Waals surface area (Å²) in [4.78, 5) is 0. The van der Waals surface area contributed by atoms with E-state index in [0.29, 0.717) is 0 Å². The second kappa shape index (κ2) is 5.46. The number of rotatable bonds is 4. The molecule has 0 atom stereocenters. The quantitative estimate of drug-likeness (QED) is 0.478. The van der Waals surface area contributed by atoms with Crippen LogP contribution >= 0.6 is 0 Å². The summed E-state index contributed by atoms with van der Waals surface area (Å²) in [5.41, 5.74) is 2.28. The van der Waals surface area contributed by atoms with Gasteiger partial charge in [0.05, 0.1) is 6.21 Å². The third-order valence-corrected chi connectivity index (χ3v) is 2.87. The second-order valence-electron chi connectivity index (χ2n) is 3.96. The van der Waals surface area contributed by atoms with Gasteiger partial charge in [-0.3, -0.25) is 0 Å². The summed E-state index contributed by atoms with van der Waals surface area (Å²) in [5.74, 6) is 5.21. The number of fused-ring (bicyclic) bond motifs is 1. The summed E-state index contributed by atoms with van der Waals surface area (Å²) in [6, 6.07) is 12.3. The molecule has 17 heavy (non-hydrogen) atoms. The molecule has 0 saturated carbocycles. The first-order valence-electron chi connectivity index (χ1n) is 5.71. The van der Waals surface area contributed by atoms with Crippen molar-refractivity contribution in [3.05, 3.63) is 47.5 Å². The number of aliphatic hydroxyl groups is 1. The maximum atomic E-state index is 8.90. The lowest BCUT2D eigenvalue weighted by atomic mass is 9.97. The number of nitrogens with two attached hydrogens (primary N) is 1. The molecule has 0 aliphatic carbocycles. The van der Waals surface area contributed by atoms with Crippen molar-refractivity contribution in [3.8, 4) is 0 Å². The lowest BCUT2D eigenvalue weighted by Crippen LogP contribution is -1.94. The van der Waals surface area contributed by atoms with E-state index in [9.17, 15) is 0 Å². The van der Waals surface area contributed by atoms with Gasteiger partial charge in [-0.2, -0.15) is 5.10 Å². The Hall–Kier alpha value is -1.87. The third-order valence-electron chi connectivity index (χ3n) is 2.87. The number of hydrogen-bond donors (Lipinski definition) is 2. The fourth-order valence-corrected chi connectivity index (χ4v) is 2.07. The molecule has 0 aromatic heterocycles. The Bertz CT molecular complexity index is 535. The first-order valence-corrected chi connectivity index (χ1v) is 5.71. The van der Waals surface area contributed by atoms with Crippen molar-refractivity contribution < 1.29 is 5.11 Å². The van der Waals surface area contributed by atoms with Crippen molar-refractivity contribution in [3.63, 3.8) is 0 Å². The highest BCUT2D eigenvalue weighted by Gasteiger charge is 2.03. The molecule has 0 radical (unpaired) electrons. The van der Waals surface area contributed by atoms with Gasteiger partial charge in [-0.05, 0) is 29.2 Å². The van der Waals surface area contributed by atoms with Crippen LogP contribution in [0.15, 0.2) is 41.5 Å². The fourth-order valence-electron chi connectivity index (χ4n) is 2.07. The Morgan fingerprint density at radius 3 is 2.59 bits per heavy atom. The SMILES string of the molecule is NN=Cc1ccc(CCCO)c2ccccc12. The maximum Gasteiger partial charge on any atom is 0.0544 e. The first-order chi connectivity index (χ1) is 8.36. The average Bonchev–Trinajstić information content (AvgIpc) is 2.38. The van der Waals surface area contributed by atoms with Crippen LogP contribution in [0.5, 0.6) is 0 Å². The minimum absolute atomic E-state index is 0.223. The van der Waals surface area contributed by atoms with E-state index in [1.165, 1.54) is 10.9 Å². The van der Waals surface area contributed by atoms with Gasteiger partial charge in [-0.15, -0.1) is 0 Å². The topological polar surface area (TPSA) is 58.6 Å². The van der Waals surface area contributed by atoms with Crippen LogP contribution in [0.4, 0.5) is 0 Å². The smallest absolute Gasteiger partial charge is 0.0544 e. The number of hydrogen-bond acceptors (Lipinski definition) is 3. The fraction of sp³-hybridized carbons (Fsp3) is 0.214. The molecule has 3 nitrogen and oxygen atoms in total. The number of benzene rings is 2. The van der Waals surface area contributed by atoms with Crippen LogP contribution in [0, 0.1) is 0 Å². The summed E-state index contributed by atoms with van der Waals surface area (Å²) in [7, 11) is 0. The molecule has 0 unspecified atom stereocenters. The van der Waals surface area contributed by atoms with E-state index < -0.39 is 0 Å². The third kappa shape index (κ3) is 2.45. The highest BCUT2D eigenvalue weighted by Crippen LogP contribution is 2.22. The molecule has 2 aromatic rings. The van der Waals surface area contributed by atoms with E-state index in [1.807, 2.05) is 18.2 Å². The predicted molar refractivity (Wildman–Crippen MR) is 71.1 cm³/mol. The maximum absolute atomic E-state index is 8.90. The van der Waals surface area contributed by atoms with Crippen molar-refractivity contribution in [2.75, 3.05) is 6.61 Å². The van der Waals surface area contributed by atoms with Crippen molar-refractivity contribution >= 4 is 17.0 Å². The molecule has 0 spiro atoms. The van der Waals surface area contributed by atoms with Crippen molar-refractivity contribution in [2.24, 2.45) is 10.9 Å². The van der Waals surface area contributed by atoms with Crippen LogP contribution in [-0.4, -0.2) is 17.9 Å². The minimum atomic E-state index is 0.223. The molecule has 0 aliphatic rings. The molecular weight excluding hydrogens is 212 g/mol. The van der Waals surface area contributed by atoms with Gasteiger partial charge in [0.25, 0.3) is 0 Å². The zero-order chi connectivity index (χ0) is 12.1. The van der Waals surface area contributed by atoms with Crippen LogP contribution < -0.4 is 5.84 Å². The second-order valence-corrected chi connectivity index (χ2v) is 3.96. The van der Waals surface area contributed by atoms with Crippen LogP contribution in [0.1, 0.15) is 17.5 Å². The van der Waals surface area contributed by atoms with Crippen LogP contribution in [0.3, 0.4) is 0 Å². The zero-order valence-electron chi connectivity index (χ0n) is 9.63. The number of aliphatic hydroxyl groups excluding tert-OH is 1. The van der Waals surface area contributed by atoms with E-state index in [-0.39, 0.29) is 6.61 Å². The lowest BCUT2D eigenvalue weighted by molar-refractivity contribution is 0.289. The standard InChI is InChI=1S/C14H16N2O/c15-16-10-12-8-7-11(4-3-9-17)13-5-1-2-6-14(12)13/h1-2,5-8,10,17H,3-4,9,15H2. The summed E-state index contributed by atoms with van der Waals surface area (Å²) < 4.78 is 0. The Morgan fingerprint density at radius 2 is 1.88 bits per heavy atom. The summed E-state index contributed by atoms with van der Waals surface area (Å²) in [5, 5.41) is 14.8. The van der Waals surface area contributed by atoms with Crippen molar-refractivity contribution in [1.82, 2.24) is 0 Å². The molecule has 88 valence electrons. The molecule has 2 rings (SSSR count). The number of aryl methyl sites for hydroxylation is 1. The highest BCUT2D eigenvalue weighted by atomic mass is 16.2. The molecule has 0 heterocycles. The van der Waals surface area contributed by atoms with Gasteiger partial charge in [0, 0.05) is 12.2 Å². The molecule has 0 bridgehead atoms. The molecule has 3 heteroatoms. The van der Waals surface area contributed by atoms with E-state index in [2.05, 4.69) is 23.3 Å². The largest absolute Gasteiger partial charge is 0.396 e. The minimum Gasteiger partial charge on any atom is -0.396 e. The normalized spacial score (nSPS) is 11.4. The summed E-state index contributed by atoms with van der Waals surface area (Å²) in [6.07, 6.45) is 3.34. The predicted octanol–water partition coefficient (Wildman–Crippen LogP) is 2.06. The van der Waals surface area contributed by atoms with Gasteiger partial charge >= 0.3 is 0 Å². The van der Waals surface area contributed by atoms with Crippen molar-refractivity contribution in [1.29, 1.82) is 0 Å². The Labute approximate surface area is 101 Å². The monoisotopic (exact) mass is 228 g/mol. The summed E-state index contributed by atoms with van der Waals surface area (Å²) >= 11 is 0. The van der Waals surface area contributed by atoms with E-state index in [4.69, 9.17) is 10.9 Å². The summed E-state index contributed by atoms with van der Waals surface area (Å²) in [6.45, 7) is 0.223. The zero-order valence-corrected chi connectivity index (χ0v) is 9.63. The molecule has 0 amide bonds. The van der Waals surface area contributed by atoms with Gasteiger partial charge < -0.3 is 10.9 Å². The van der Waals surface area contributed by atoms with Gasteiger partial charge in [-0.25, -0.2) is 0 Å². The Balaban J connectivity index is 2.54. The van der Waals surface area contributed by atoms with Gasteiger partial charge in [0.2, 0.25) is 0 Å². The Morgan fingerprint density at radius 1 is 1.12 bits per heavy atom. The molecular formula is C14H16N2O. The van der Waals surface area contributed by atoms with Crippen LogP contribution in [-0.2, 0) is 6.42 Å². The van der Waals surface area contributed by atoms with E-state index in [1.54, 1.807) is 6.21 Å². The Kier molecular flexibility index (Phi) is 3.73. The molecule has 2 aromatic carbocycles. The first kappa shape index (κ1) is 11.6. The lowest BCUT2D eigenvalue weighted by Gasteiger charge is -2.08. The van der Waals surface area contributed by atoms with Crippen molar-refractivity contribution in [2.45, 2.75) is 12.8 Å². The van der Waals surface area contributed by atoms with E-state index in [0.717, 1.165) is 23.8 Å². The highest BCUT2D eigenvalue weighted by molar-refractivity contribution is 6.01.